The zero-order valence-electron chi connectivity index (χ0n) is 13.5. The quantitative estimate of drug-likeness (QED) is 0.750. The van der Waals surface area contributed by atoms with E-state index in [0.29, 0.717) is 0 Å². The van der Waals surface area contributed by atoms with Crippen LogP contribution in [-0.4, -0.2) is 20.4 Å². The number of aromatic nitrogens is 3. The summed E-state index contributed by atoms with van der Waals surface area (Å²) >= 11 is 0. The molecule has 116 valence electrons. The van der Waals surface area contributed by atoms with Gasteiger partial charge in [0, 0.05) is 23.1 Å². The molecule has 0 saturated heterocycles. The van der Waals surface area contributed by atoms with Crippen LogP contribution in [0.5, 0.6) is 0 Å². The molecule has 5 nitrogen and oxygen atoms in total. The number of aryl methyl sites for hydroxylation is 1. The first-order valence-electron chi connectivity index (χ1n) is 7.89. The second-order valence-electron chi connectivity index (χ2n) is 7.33. The summed E-state index contributed by atoms with van der Waals surface area (Å²) in [6.45, 7) is 6.06. The average Bonchev–Trinajstić information content (AvgIpc) is 2.99. The van der Waals surface area contributed by atoms with Crippen LogP contribution < -0.4 is 0 Å². The van der Waals surface area contributed by atoms with E-state index in [0.717, 1.165) is 29.7 Å². The Morgan fingerprint density at radius 2 is 2.17 bits per heavy atom. The van der Waals surface area contributed by atoms with Crippen molar-refractivity contribution in [2.45, 2.75) is 39.0 Å². The minimum atomic E-state index is -0.561. The van der Waals surface area contributed by atoms with Crippen molar-refractivity contribution in [3.8, 4) is 6.07 Å². The topological polar surface area (TPSA) is 71.0 Å². The predicted molar refractivity (Wildman–Crippen MR) is 84.6 cm³/mol. The maximum atomic E-state index is 12.7. The second kappa shape index (κ2) is 4.29. The molecule has 2 aliphatic rings. The summed E-state index contributed by atoms with van der Waals surface area (Å²) in [5.41, 5.74) is 2.32. The lowest BCUT2D eigenvalue weighted by atomic mass is 9.52. The number of carbonyl (C=O) groups is 1. The van der Waals surface area contributed by atoms with Gasteiger partial charge in [-0.25, -0.2) is 9.50 Å². The van der Waals surface area contributed by atoms with E-state index < -0.39 is 10.8 Å². The van der Waals surface area contributed by atoms with Crippen LogP contribution in [0.3, 0.4) is 0 Å². The van der Waals surface area contributed by atoms with Crippen molar-refractivity contribution in [3.63, 3.8) is 0 Å². The Labute approximate surface area is 134 Å². The summed E-state index contributed by atoms with van der Waals surface area (Å²) in [7, 11) is 0. The predicted octanol–water partition coefficient (Wildman–Crippen LogP) is 2.61. The summed E-state index contributed by atoms with van der Waals surface area (Å²) in [5, 5.41) is 13.9. The molecule has 0 amide bonds. The molecule has 0 saturated carbocycles. The number of nitriles is 1. The molecule has 2 heterocycles. The van der Waals surface area contributed by atoms with Crippen molar-refractivity contribution < 1.29 is 4.79 Å². The lowest BCUT2D eigenvalue weighted by Gasteiger charge is -2.50. The smallest absolute Gasteiger partial charge is 0.178 e. The van der Waals surface area contributed by atoms with Gasteiger partial charge in [0.15, 0.2) is 11.4 Å². The molecule has 2 aliphatic carbocycles. The molecule has 23 heavy (non-hydrogen) atoms. The Morgan fingerprint density at radius 3 is 2.91 bits per heavy atom. The van der Waals surface area contributed by atoms with Crippen molar-refractivity contribution in [2.75, 3.05) is 0 Å². The number of fused-ring (bicyclic) bond motifs is 5. The number of nitrogens with zero attached hydrogens (tertiary/aromatic N) is 4. The lowest BCUT2D eigenvalue weighted by molar-refractivity contribution is -0.128. The largest absolute Gasteiger partial charge is 0.293 e. The van der Waals surface area contributed by atoms with Gasteiger partial charge in [0.05, 0.1) is 17.5 Å². The molecule has 2 atom stereocenters. The van der Waals surface area contributed by atoms with Crippen molar-refractivity contribution in [2.24, 2.45) is 11.3 Å². The molecule has 0 aromatic carbocycles. The van der Waals surface area contributed by atoms with Crippen molar-refractivity contribution in [3.05, 3.63) is 41.4 Å². The third kappa shape index (κ3) is 1.64. The van der Waals surface area contributed by atoms with Gasteiger partial charge in [-0.3, -0.25) is 4.79 Å². The van der Waals surface area contributed by atoms with Gasteiger partial charge in [-0.15, -0.1) is 0 Å². The zero-order valence-corrected chi connectivity index (χ0v) is 13.5. The maximum Gasteiger partial charge on any atom is 0.178 e. The summed E-state index contributed by atoms with van der Waals surface area (Å²) in [6, 6.07) is 3.98. The SMILES string of the molecule is CC1(C)C(=O)C(C#N)=C[C@]2(C)c3c(cnc4ccnn34)CC[C@@H]12. The fourth-order valence-electron chi connectivity index (χ4n) is 4.66. The Hall–Kier alpha value is -2.48. The molecular weight excluding hydrogens is 288 g/mol. The van der Waals surface area contributed by atoms with E-state index in [4.69, 9.17) is 0 Å². The van der Waals surface area contributed by atoms with Crippen LogP contribution in [0.4, 0.5) is 0 Å². The third-order valence-electron chi connectivity index (χ3n) is 5.69. The minimum Gasteiger partial charge on any atom is -0.293 e. The van der Waals surface area contributed by atoms with E-state index >= 15 is 0 Å². The van der Waals surface area contributed by atoms with Crippen LogP contribution in [0, 0.1) is 22.7 Å². The molecule has 2 aromatic heterocycles. The number of rotatable bonds is 0. The number of Topliss-reactive ketones (excluding diaryl/α,β-unsaturated/α-hetero) is 1. The Morgan fingerprint density at radius 1 is 1.39 bits per heavy atom. The van der Waals surface area contributed by atoms with E-state index in [1.165, 1.54) is 0 Å². The molecule has 5 heteroatoms. The summed E-state index contributed by atoms with van der Waals surface area (Å²) < 4.78 is 1.87. The Bertz CT molecular complexity index is 915. The van der Waals surface area contributed by atoms with Crippen LogP contribution in [0.15, 0.2) is 30.1 Å². The molecular formula is C18H18N4O. The van der Waals surface area contributed by atoms with Crippen molar-refractivity contribution in [1.82, 2.24) is 14.6 Å². The van der Waals surface area contributed by atoms with E-state index in [-0.39, 0.29) is 17.3 Å². The number of allylic oxidation sites excluding steroid dienone is 2. The van der Waals surface area contributed by atoms with Crippen molar-refractivity contribution >= 4 is 11.4 Å². The van der Waals surface area contributed by atoms with E-state index in [2.05, 4.69) is 23.1 Å². The number of ketones is 1. The highest BCUT2D eigenvalue weighted by Gasteiger charge is 2.54. The highest BCUT2D eigenvalue weighted by molar-refractivity contribution is 6.04. The monoisotopic (exact) mass is 306 g/mol. The molecule has 0 spiro atoms. The Balaban J connectivity index is 2.09. The molecule has 0 unspecified atom stereocenters. The average molecular weight is 306 g/mol. The standard InChI is InChI=1S/C18H18N4O/c1-17(2)13-5-4-11-10-20-14-6-7-21-22(14)15(11)18(13,3)8-12(9-19)16(17)23/h6-8,10,13H,4-5H2,1-3H3/t13-,18-/m0/s1. The summed E-state index contributed by atoms with van der Waals surface area (Å²) in [4.78, 5) is 17.1. The second-order valence-corrected chi connectivity index (χ2v) is 7.33. The summed E-state index contributed by atoms with van der Waals surface area (Å²) in [5.74, 6) is 0.0959. The van der Waals surface area contributed by atoms with Gasteiger partial charge in [0.2, 0.25) is 0 Å². The number of carbonyl (C=O) groups excluding carboxylic acids is 1. The maximum absolute atomic E-state index is 12.7. The van der Waals surface area contributed by atoms with E-state index in [9.17, 15) is 10.1 Å². The number of hydrogen-bond donors (Lipinski definition) is 0. The highest BCUT2D eigenvalue weighted by atomic mass is 16.1. The summed E-state index contributed by atoms with van der Waals surface area (Å²) in [6.07, 6.45) is 7.31. The minimum absolute atomic E-state index is 0.0447. The van der Waals surface area contributed by atoms with Crippen LogP contribution in [0.2, 0.25) is 0 Å². The van der Waals surface area contributed by atoms with Crippen LogP contribution in [-0.2, 0) is 16.6 Å². The van der Waals surface area contributed by atoms with Crippen LogP contribution in [0.25, 0.3) is 5.65 Å². The molecule has 0 N–H and O–H groups in total. The van der Waals surface area contributed by atoms with Gasteiger partial charge in [0.25, 0.3) is 0 Å². The third-order valence-corrected chi connectivity index (χ3v) is 5.69. The van der Waals surface area contributed by atoms with Gasteiger partial charge in [-0.1, -0.05) is 26.8 Å². The van der Waals surface area contributed by atoms with E-state index in [1.807, 2.05) is 36.7 Å². The van der Waals surface area contributed by atoms with Crippen molar-refractivity contribution in [1.29, 1.82) is 5.26 Å². The fourth-order valence-corrected chi connectivity index (χ4v) is 4.66. The van der Waals surface area contributed by atoms with Gasteiger partial charge >= 0.3 is 0 Å². The molecule has 0 radical (unpaired) electrons. The van der Waals surface area contributed by atoms with Crippen LogP contribution >= 0.6 is 0 Å². The molecule has 2 aromatic rings. The molecule has 4 rings (SSSR count). The van der Waals surface area contributed by atoms with Crippen LogP contribution in [0.1, 0.15) is 38.4 Å². The van der Waals surface area contributed by atoms with Gasteiger partial charge in [-0.2, -0.15) is 10.4 Å². The fraction of sp³-hybridized carbons (Fsp3) is 0.444. The normalized spacial score (nSPS) is 28.7. The first-order chi connectivity index (χ1) is 10.9. The molecule has 0 fully saturated rings. The lowest BCUT2D eigenvalue weighted by Crippen LogP contribution is -2.51. The molecule has 0 aliphatic heterocycles. The Kier molecular flexibility index (Phi) is 2.63. The zero-order chi connectivity index (χ0) is 16.4. The first kappa shape index (κ1) is 14.1. The first-order valence-corrected chi connectivity index (χ1v) is 7.89. The van der Waals surface area contributed by atoms with E-state index in [1.54, 1.807) is 6.20 Å². The van der Waals surface area contributed by atoms with Gasteiger partial charge in [-0.05, 0) is 24.3 Å². The van der Waals surface area contributed by atoms with Gasteiger partial charge in [0.1, 0.15) is 6.07 Å². The number of hydrogen-bond acceptors (Lipinski definition) is 4. The highest BCUT2D eigenvalue weighted by Crippen LogP contribution is 2.54. The van der Waals surface area contributed by atoms with Gasteiger partial charge < -0.3 is 0 Å². The molecule has 0 bridgehead atoms.